The van der Waals surface area contributed by atoms with Crippen molar-refractivity contribution >= 4 is 29.3 Å². The Morgan fingerprint density at radius 2 is 1.83 bits per heavy atom. The number of rotatable bonds is 8. The third-order valence-corrected chi connectivity index (χ3v) is 8.06. The van der Waals surface area contributed by atoms with E-state index in [0.717, 1.165) is 54.7 Å². The third-order valence-electron chi connectivity index (χ3n) is 7.72. The van der Waals surface area contributed by atoms with E-state index in [2.05, 4.69) is 9.80 Å². The van der Waals surface area contributed by atoms with Gasteiger partial charge in [-0.2, -0.15) is 0 Å². The van der Waals surface area contributed by atoms with Gasteiger partial charge in [0.15, 0.2) is 11.5 Å². The van der Waals surface area contributed by atoms with Crippen molar-refractivity contribution in [3.8, 4) is 11.5 Å². The zero-order valence-electron chi connectivity index (χ0n) is 21.1. The summed E-state index contributed by atoms with van der Waals surface area (Å²) in [5.74, 6) is 1.35. The summed E-state index contributed by atoms with van der Waals surface area (Å²) >= 11 is 6.23. The van der Waals surface area contributed by atoms with Crippen LogP contribution in [0.15, 0.2) is 42.5 Å². The summed E-state index contributed by atoms with van der Waals surface area (Å²) in [7, 11) is 1.67. The Morgan fingerprint density at radius 1 is 1.06 bits per heavy atom. The van der Waals surface area contributed by atoms with E-state index in [4.69, 9.17) is 21.1 Å². The first-order valence-corrected chi connectivity index (χ1v) is 13.5. The summed E-state index contributed by atoms with van der Waals surface area (Å²) in [6, 6.07) is 12.2. The molecule has 2 saturated heterocycles. The predicted molar refractivity (Wildman–Crippen MR) is 145 cm³/mol. The Labute approximate surface area is 219 Å². The zero-order valence-corrected chi connectivity index (χ0v) is 21.9. The third kappa shape index (κ3) is 5.72. The lowest BCUT2D eigenvalue weighted by Crippen LogP contribution is -2.44. The van der Waals surface area contributed by atoms with Gasteiger partial charge >= 0.3 is 0 Å². The fraction of sp³-hybridized carbons (Fsp3) is 0.483. The molecule has 0 N–H and O–H groups in total. The first kappa shape index (κ1) is 25.1. The second-order valence-electron chi connectivity index (χ2n) is 9.89. The van der Waals surface area contributed by atoms with Gasteiger partial charge in [0.05, 0.1) is 12.8 Å². The van der Waals surface area contributed by atoms with Crippen molar-refractivity contribution in [3.05, 3.63) is 58.6 Å². The molecule has 0 aromatic heterocycles. The molecule has 0 bridgehead atoms. The topological polar surface area (TPSA) is 45.3 Å². The number of carbonyl (C=O) groups is 1. The van der Waals surface area contributed by atoms with Gasteiger partial charge in [-0.3, -0.25) is 9.69 Å². The van der Waals surface area contributed by atoms with Crippen molar-refractivity contribution in [2.24, 2.45) is 0 Å². The Bertz CT molecular complexity index is 1090. The van der Waals surface area contributed by atoms with E-state index in [1.165, 1.54) is 38.8 Å². The maximum Gasteiger partial charge on any atom is 0.251 e. The molecule has 3 heterocycles. The molecule has 0 atom stereocenters. The van der Waals surface area contributed by atoms with Crippen LogP contribution in [0.5, 0.6) is 11.5 Å². The highest BCUT2D eigenvalue weighted by atomic mass is 35.5. The molecule has 2 aromatic rings. The maximum atomic E-state index is 13.0. The largest absolute Gasteiger partial charge is 0.493 e. The van der Waals surface area contributed by atoms with Gasteiger partial charge in [-0.1, -0.05) is 29.8 Å². The number of carbonyl (C=O) groups excluding carboxylic acids is 1. The Balaban J connectivity index is 1.19. The average Bonchev–Trinajstić information content (AvgIpc) is 3.58. The van der Waals surface area contributed by atoms with Gasteiger partial charge in [-0.05, 0) is 87.6 Å². The van der Waals surface area contributed by atoms with Gasteiger partial charge in [0.1, 0.15) is 6.61 Å². The smallest absolute Gasteiger partial charge is 0.251 e. The predicted octanol–water partition coefficient (Wildman–Crippen LogP) is 4.89. The Hall–Kier alpha value is -2.54. The molecule has 192 valence electrons. The number of anilines is 1. The van der Waals surface area contributed by atoms with E-state index in [0.29, 0.717) is 23.9 Å². The standard InChI is InChI=1S/C29H36ClN3O3/c1-35-27-20-23-10-17-33(29(34)9-8-22-6-2-3-7-25(22)30)26(23)21-28(27)36-19-18-31-15-11-24(12-16-31)32-13-4-5-14-32/h2-3,6-9,20-21,24H,4-5,10-19H2,1H3/b9-8+. The minimum atomic E-state index is -0.0642. The summed E-state index contributed by atoms with van der Waals surface area (Å²) in [4.78, 5) is 20.0. The van der Waals surface area contributed by atoms with Crippen molar-refractivity contribution in [2.45, 2.75) is 38.1 Å². The lowest BCUT2D eigenvalue weighted by atomic mass is 10.0. The van der Waals surface area contributed by atoms with Gasteiger partial charge < -0.3 is 19.3 Å². The Morgan fingerprint density at radius 3 is 2.58 bits per heavy atom. The van der Waals surface area contributed by atoms with E-state index in [1.807, 2.05) is 36.4 Å². The number of ether oxygens (including phenoxy) is 2. The molecule has 3 aliphatic rings. The van der Waals surface area contributed by atoms with Crippen LogP contribution in [0.25, 0.3) is 6.08 Å². The van der Waals surface area contributed by atoms with Gasteiger partial charge in [0.2, 0.25) is 0 Å². The molecule has 0 saturated carbocycles. The summed E-state index contributed by atoms with van der Waals surface area (Å²) in [6.45, 7) is 6.96. The molecule has 1 amide bonds. The number of benzene rings is 2. The lowest BCUT2D eigenvalue weighted by molar-refractivity contribution is -0.114. The van der Waals surface area contributed by atoms with Crippen molar-refractivity contribution < 1.29 is 14.3 Å². The molecule has 0 spiro atoms. The van der Waals surface area contributed by atoms with Crippen LogP contribution in [0, 0.1) is 0 Å². The summed E-state index contributed by atoms with van der Waals surface area (Å²) in [5.41, 5.74) is 2.82. The molecular formula is C29H36ClN3O3. The number of likely N-dealkylation sites (tertiary alicyclic amines) is 2. The molecule has 5 rings (SSSR count). The van der Waals surface area contributed by atoms with Crippen molar-refractivity contribution in [2.75, 3.05) is 57.9 Å². The Kier molecular flexibility index (Phi) is 8.15. The van der Waals surface area contributed by atoms with Crippen LogP contribution in [0.1, 0.15) is 36.8 Å². The molecule has 7 heteroatoms. The van der Waals surface area contributed by atoms with Gasteiger partial charge in [-0.15, -0.1) is 0 Å². The molecule has 2 fully saturated rings. The molecular weight excluding hydrogens is 474 g/mol. The fourth-order valence-electron chi connectivity index (χ4n) is 5.66. The highest BCUT2D eigenvalue weighted by molar-refractivity contribution is 6.32. The van der Waals surface area contributed by atoms with Gasteiger partial charge in [-0.25, -0.2) is 0 Å². The van der Waals surface area contributed by atoms with E-state index < -0.39 is 0 Å². The number of methoxy groups -OCH3 is 1. The molecule has 36 heavy (non-hydrogen) atoms. The summed E-state index contributed by atoms with van der Waals surface area (Å²) < 4.78 is 11.8. The highest BCUT2D eigenvalue weighted by Gasteiger charge is 2.27. The number of amides is 1. The molecule has 0 radical (unpaired) electrons. The quantitative estimate of drug-likeness (QED) is 0.474. The van der Waals surface area contributed by atoms with Crippen LogP contribution in [-0.2, 0) is 11.2 Å². The molecule has 0 unspecified atom stereocenters. The minimum Gasteiger partial charge on any atom is -0.493 e. The van der Waals surface area contributed by atoms with Crippen LogP contribution in [0.2, 0.25) is 5.02 Å². The fourth-order valence-corrected chi connectivity index (χ4v) is 5.86. The SMILES string of the molecule is COc1cc2c(cc1OCCN1CCC(N3CCCC3)CC1)N(C(=O)/C=C/c1ccccc1Cl)CC2. The van der Waals surface area contributed by atoms with E-state index in [-0.39, 0.29) is 5.91 Å². The van der Waals surface area contributed by atoms with Gasteiger partial charge in [0.25, 0.3) is 5.91 Å². The van der Waals surface area contributed by atoms with Crippen molar-refractivity contribution in [3.63, 3.8) is 0 Å². The number of piperidine rings is 1. The van der Waals surface area contributed by atoms with Crippen LogP contribution >= 0.6 is 11.6 Å². The van der Waals surface area contributed by atoms with Crippen molar-refractivity contribution in [1.29, 1.82) is 0 Å². The van der Waals surface area contributed by atoms with Crippen LogP contribution in [0.4, 0.5) is 5.69 Å². The van der Waals surface area contributed by atoms with E-state index in [1.54, 1.807) is 24.2 Å². The monoisotopic (exact) mass is 509 g/mol. The van der Waals surface area contributed by atoms with E-state index in [9.17, 15) is 4.79 Å². The number of nitrogens with zero attached hydrogens (tertiary/aromatic N) is 3. The molecule has 0 aliphatic carbocycles. The van der Waals surface area contributed by atoms with E-state index >= 15 is 0 Å². The summed E-state index contributed by atoms with van der Waals surface area (Å²) in [6.07, 6.45) is 9.38. The van der Waals surface area contributed by atoms with Crippen LogP contribution in [0.3, 0.4) is 0 Å². The first-order valence-electron chi connectivity index (χ1n) is 13.2. The number of halogens is 1. The second kappa shape index (κ2) is 11.7. The zero-order chi connectivity index (χ0) is 24.9. The molecule has 2 aromatic carbocycles. The normalized spacial score (nSPS) is 19.2. The highest BCUT2D eigenvalue weighted by Crippen LogP contribution is 2.39. The van der Waals surface area contributed by atoms with Gasteiger partial charge in [0, 0.05) is 36.3 Å². The molecule has 6 nitrogen and oxygen atoms in total. The minimum absolute atomic E-state index is 0.0642. The second-order valence-corrected chi connectivity index (χ2v) is 10.3. The molecule has 3 aliphatic heterocycles. The number of hydrogen-bond acceptors (Lipinski definition) is 5. The van der Waals surface area contributed by atoms with Crippen LogP contribution in [-0.4, -0.2) is 74.7 Å². The number of fused-ring (bicyclic) bond motifs is 1. The van der Waals surface area contributed by atoms with Crippen molar-refractivity contribution in [1.82, 2.24) is 9.80 Å². The average molecular weight is 510 g/mol. The summed E-state index contributed by atoms with van der Waals surface area (Å²) in [5, 5.41) is 0.629. The lowest BCUT2D eigenvalue weighted by Gasteiger charge is -2.36. The number of hydrogen-bond donors (Lipinski definition) is 0. The maximum absolute atomic E-state index is 13.0. The first-order chi connectivity index (χ1) is 17.6. The van der Waals surface area contributed by atoms with Crippen LogP contribution < -0.4 is 14.4 Å².